The van der Waals surface area contributed by atoms with Crippen molar-refractivity contribution in [3.63, 3.8) is 0 Å². The average molecular weight is 225 g/mol. The summed E-state index contributed by atoms with van der Waals surface area (Å²) in [6, 6.07) is -0.670. The number of aliphatic carboxylic acids is 1. The van der Waals surface area contributed by atoms with Crippen LogP contribution in [-0.2, 0) is 11.8 Å². The molecule has 1 atom stereocenters. The minimum Gasteiger partial charge on any atom is -0.480 e. The van der Waals surface area contributed by atoms with Gasteiger partial charge in [-0.2, -0.15) is 5.10 Å². The average Bonchev–Trinajstić information content (AvgIpc) is 2.45. The van der Waals surface area contributed by atoms with Crippen molar-refractivity contribution in [2.24, 2.45) is 13.0 Å². The molecule has 1 aromatic heterocycles. The Morgan fingerprint density at radius 2 is 2.25 bits per heavy atom. The van der Waals surface area contributed by atoms with Gasteiger partial charge in [0.2, 0.25) is 0 Å². The number of aromatic nitrogens is 2. The standard InChI is InChI=1S/C11H19N3O2/c1-7(2)5-12-10(11(15)16)9-6-14(4)13-8(9)3/h6-7,10,12H,5H2,1-4H3,(H,15,16). The molecule has 5 nitrogen and oxygen atoms in total. The van der Waals surface area contributed by atoms with E-state index in [2.05, 4.69) is 10.4 Å². The van der Waals surface area contributed by atoms with Crippen LogP contribution in [0.15, 0.2) is 6.20 Å². The summed E-state index contributed by atoms with van der Waals surface area (Å²) in [4.78, 5) is 11.2. The second kappa shape index (κ2) is 5.12. The molecule has 0 bridgehead atoms. The van der Waals surface area contributed by atoms with Gasteiger partial charge in [0.25, 0.3) is 0 Å². The Hall–Kier alpha value is -1.36. The number of nitrogens with one attached hydrogen (secondary N) is 1. The number of hydrogen-bond acceptors (Lipinski definition) is 3. The predicted octanol–water partition coefficient (Wildman–Crippen LogP) is 1.10. The van der Waals surface area contributed by atoms with Crippen molar-refractivity contribution in [1.29, 1.82) is 0 Å². The van der Waals surface area contributed by atoms with Crippen molar-refractivity contribution >= 4 is 5.97 Å². The third-order valence-corrected chi connectivity index (χ3v) is 2.34. The fourth-order valence-electron chi connectivity index (χ4n) is 1.59. The first kappa shape index (κ1) is 12.7. The minimum atomic E-state index is -0.864. The molecule has 1 heterocycles. The van der Waals surface area contributed by atoms with E-state index in [1.165, 1.54) is 0 Å². The van der Waals surface area contributed by atoms with Gasteiger partial charge < -0.3 is 10.4 Å². The van der Waals surface area contributed by atoms with Gasteiger partial charge in [-0.3, -0.25) is 9.48 Å². The summed E-state index contributed by atoms with van der Waals surface area (Å²) in [5.41, 5.74) is 1.49. The number of nitrogens with zero attached hydrogens (tertiary/aromatic N) is 2. The molecule has 0 aromatic carbocycles. The number of hydrogen-bond donors (Lipinski definition) is 2. The van der Waals surface area contributed by atoms with Gasteiger partial charge >= 0.3 is 5.97 Å². The first-order valence-corrected chi connectivity index (χ1v) is 5.38. The SMILES string of the molecule is Cc1nn(C)cc1C(NCC(C)C)C(=O)O. The maximum Gasteiger partial charge on any atom is 0.325 e. The van der Waals surface area contributed by atoms with Gasteiger partial charge in [-0.15, -0.1) is 0 Å². The van der Waals surface area contributed by atoms with E-state index in [9.17, 15) is 9.90 Å². The van der Waals surface area contributed by atoms with Crippen LogP contribution >= 0.6 is 0 Å². The largest absolute Gasteiger partial charge is 0.480 e. The molecule has 0 fully saturated rings. The quantitative estimate of drug-likeness (QED) is 0.787. The van der Waals surface area contributed by atoms with E-state index >= 15 is 0 Å². The van der Waals surface area contributed by atoms with Crippen LogP contribution in [0.25, 0.3) is 0 Å². The Kier molecular flexibility index (Phi) is 4.06. The van der Waals surface area contributed by atoms with Gasteiger partial charge in [-0.25, -0.2) is 0 Å². The van der Waals surface area contributed by atoms with Crippen LogP contribution in [0.4, 0.5) is 0 Å². The summed E-state index contributed by atoms with van der Waals surface area (Å²) in [6.07, 6.45) is 1.75. The molecule has 0 spiro atoms. The molecular formula is C11H19N3O2. The highest BCUT2D eigenvalue weighted by Gasteiger charge is 2.23. The molecule has 0 aliphatic rings. The van der Waals surface area contributed by atoms with Crippen LogP contribution < -0.4 is 5.32 Å². The summed E-state index contributed by atoms with van der Waals surface area (Å²) in [5, 5.41) is 16.4. The maximum absolute atomic E-state index is 11.2. The van der Waals surface area contributed by atoms with Crippen LogP contribution in [-0.4, -0.2) is 27.4 Å². The summed E-state index contributed by atoms with van der Waals surface area (Å²) in [7, 11) is 1.79. The lowest BCUT2D eigenvalue weighted by atomic mass is 10.1. The maximum atomic E-state index is 11.2. The highest BCUT2D eigenvalue weighted by Crippen LogP contribution is 2.16. The fraction of sp³-hybridized carbons (Fsp3) is 0.636. The first-order chi connectivity index (χ1) is 7.41. The number of aryl methyl sites for hydroxylation is 2. The number of carbonyl (C=O) groups is 1. The Bertz CT molecular complexity index is 371. The van der Waals surface area contributed by atoms with Crippen molar-refractivity contribution in [2.45, 2.75) is 26.8 Å². The van der Waals surface area contributed by atoms with Crippen LogP contribution in [0, 0.1) is 12.8 Å². The zero-order valence-electron chi connectivity index (χ0n) is 10.2. The Morgan fingerprint density at radius 3 is 2.62 bits per heavy atom. The van der Waals surface area contributed by atoms with Crippen molar-refractivity contribution < 1.29 is 9.90 Å². The van der Waals surface area contributed by atoms with Crippen LogP contribution in [0.2, 0.25) is 0 Å². The van der Waals surface area contributed by atoms with E-state index in [0.29, 0.717) is 12.5 Å². The second-order valence-electron chi connectivity index (χ2n) is 4.42. The highest BCUT2D eigenvalue weighted by atomic mass is 16.4. The third-order valence-electron chi connectivity index (χ3n) is 2.34. The summed E-state index contributed by atoms with van der Waals surface area (Å²) in [6.45, 7) is 6.58. The summed E-state index contributed by atoms with van der Waals surface area (Å²) in [5.74, 6) is -0.449. The van der Waals surface area contributed by atoms with E-state index < -0.39 is 12.0 Å². The predicted molar refractivity (Wildman–Crippen MR) is 61.2 cm³/mol. The Morgan fingerprint density at radius 1 is 1.62 bits per heavy atom. The van der Waals surface area contributed by atoms with Gasteiger partial charge in [-0.05, 0) is 19.4 Å². The second-order valence-corrected chi connectivity index (χ2v) is 4.42. The molecule has 1 aromatic rings. The van der Waals surface area contributed by atoms with Crippen molar-refractivity contribution in [3.8, 4) is 0 Å². The lowest BCUT2D eigenvalue weighted by Gasteiger charge is -2.15. The smallest absolute Gasteiger partial charge is 0.325 e. The van der Waals surface area contributed by atoms with Gasteiger partial charge in [0, 0.05) is 18.8 Å². The molecule has 5 heteroatoms. The topological polar surface area (TPSA) is 67.2 Å². The number of carboxylic acids is 1. The molecule has 0 amide bonds. The van der Waals surface area contributed by atoms with Crippen molar-refractivity contribution in [2.75, 3.05) is 6.54 Å². The molecule has 0 radical (unpaired) electrons. The highest BCUT2D eigenvalue weighted by molar-refractivity contribution is 5.75. The molecule has 0 saturated heterocycles. The van der Waals surface area contributed by atoms with E-state index in [-0.39, 0.29) is 0 Å². The van der Waals surface area contributed by atoms with Crippen molar-refractivity contribution in [1.82, 2.24) is 15.1 Å². The summed E-state index contributed by atoms with van der Waals surface area (Å²) >= 11 is 0. The number of rotatable bonds is 5. The van der Waals surface area contributed by atoms with Crippen molar-refractivity contribution in [3.05, 3.63) is 17.5 Å². The lowest BCUT2D eigenvalue weighted by molar-refractivity contribution is -0.139. The molecule has 16 heavy (non-hydrogen) atoms. The molecular weight excluding hydrogens is 206 g/mol. The third kappa shape index (κ3) is 3.06. The normalized spacial score (nSPS) is 13.1. The van der Waals surface area contributed by atoms with E-state index in [4.69, 9.17) is 0 Å². The van der Waals surface area contributed by atoms with E-state index in [1.54, 1.807) is 17.9 Å². The Balaban J connectivity index is 2.85. The Labute approximate surface area is 95.5 Å². The molecule has 0 saturated carbocycles. The number of carboxylic acid groups (broad SMARTS) is 1. The minimum absolute atomic E-state index is 0.416. The molecule has 90 valence electrons. The van der Waals surface area contributed by atoms with Crippen LogP contribution in [0.3, 0.4) is 0 Å². The summed E-state index contributed by atoms with van der Waals surface area (Å²) < 4.78 is 1.64. The monoisotopic (exact) mass is 225 g/mol. The zero-order chi connectivity index (χ0) is 12.3. The van der Waals surface area contributed by atoms with E-state index in [0.717, 1.165) is 11.3 Å². The molecule has 0 aliphatic heterocycles. The van der Waals surface area contributed by atoms with E-state index in [1.807, 2.05) is 20.8 Å². The van der Waals surface area contributed by atoms with Gasteiger partial charge in [0.1, 0.15) is 6.04 Å². The molecule has 0 aliphatic carbocycles. The molecule has 1 unspecified atom stereocenters. The molecule has 1 rings (SSSR count). The lowest BCUT2D eigenvalue weighted by Crippen LogP contribution is -2.31. The van der Waals surface area contributed by atoms with Crippen LogP contribution in [0.1, 0.15) is 31.1 Å². The molecule has 2 N–H and O–H groups in total. The van der Waals surface area contributed by atoms with Gasteiger partial charge in [0.15, 0.2) is 0 Å². The van der Waals surface area contributed by atoms with Gasteiger partial charge in [0.05, 0.1) is 5.69 Å². The first-order valence-electron chi connectivity index (χ1n) is 5.38. The zero-order valence-corrected chi connectivity index (χ0v) is 10.2. The fourth-order valence-corrected chi connectivity index (χ4v) is 1.59. The van der Waals surface area contributed by atoms with Gasteiger partial charge in [-0.1, -0.05) is 13.8 Å². The van der Waals surface area contributed by atoms with Crippen LogP contribution in [0.5, 0.6) is 0 Å².